The van der Waals surface area contributed by atoms with Crippen molar-refractivity contribution in [2.45, 2.75) is 0 Å². The van der Waals surface area contributed by atoms with Crippen LogP contribution in [0.3, 0.4) is 0 Å². The molecule has 0 radical (unpaired) electrons. The zero-order valence-electron chi connectivity index (χ0n) is 12.3. The van der Waals surface area contributed by atoms with Gasteiger partial charge >= 0.3 is 5.97 Å². The fourth-order valence-electron chi connectivity index (χ4n) is 1.54. The highest BCUT2D eigenvalue weighted by Gasteiger charge is 2.17. The second-order valence-electron chi connectivity index (χ2n) is 3.85. The zero-order valence-corrected chi connectivity index (χ0v) is 12.3. The normalized spacial score (nSPS) is 10.4. The summed E-state index contributed by atoms with van der Waals surface area (Å²) in [4.78, 5) is 11.6. The van der Waals surface area contributed by atoms with Crippen LogP contribution in [-0.4, -0.2) is 38.8 Å². The summed E-state index contributed by atoms with van der Waals surface area (Å²) in [6.07, 6.45) is 0. The molecule has 1 aromatic carbocycles. The molecule has 0 aliphatic carbocycles. The molecule has 4 N–H and O–H groups in total. The molecular weight excluding hydrogens is 290 g/mol. The first-order valence-electron chi connectivity index (χ1n) is 5.91. The average Bonchev–Trinajstić information content (AvgIpc) is 2.53. The Labute approximate surface area is 126 Å². The molecule has 0 atom stereocenters. The number of hydrogen-bond acceptors (Lipinski definition) is 8. The molecule has 1 rings (SSSR count). The number of nitrogens with zero attached hydrogens (tertiary/aromatic N) is 2. The first kappa shape index (κ1) is 16.8. The van der Waals surface area contributed by atoms with Crippen molar-refractivity contribution in [1.82, 2.24) is 0 Å². The number of carbonyl (C=O) groups is 1. The van der Waals surface area contributed by atoms with Crippen LogP contribution in [0.1, 0.15) is 10.4 Å². The number of benzene rings is 1. The largest absolute Gasteiger partial charge is 0.493 e. The van der Waals surface area contributed by atoms with E-state index in [-0.39, 0.29) is 28.5 Å². The molecule has 9 nitrogen and oxygen atoms in total. The van der Waals surface area contributed by atoms with Crippen LogP contribution in [0.2, 0.25) is 0 Å². The van der Waals surface area contributed by atoms with Gasteiger partial charge < -0.3 is 19.9 Å². The average molecular weight is 305 g/mol. The number of hydrogen-bond donors (Lipinski definition) is 3. The minimum Gasteiger partial charge on any atom is -0.493 e. The van der Waals surface area contributed by atoms with E-state index in [2.05, 4.69) is 15.3 Å². The molecule has 1 aromatic rings. The van der Waals surface area contributed by atoms with Gasteiger partial charge in [-0.1, -0.05) is 0 Å². The van der Waals surface area contributed by atoms with Gasteiger partial charge in [-0.2, -0.15) is 10.4 Å². The zero-order chi connectivity index (χ0) is 16.7. The predicted molar refractivity (Wildman–Crippen MR) is 79.5 cm³/mol. The molecule has 9 heteroatoms. The summed E-state index contributed by atoms with van der Waals surface area (Å²) >= 11 is 0. The van der Waals surface area contributed by atoms with Crippen molar-refractivity contribution in [3.05, 3.63) is 17.7 Å². The molecule has 22 heavy (non-hydrogen) atoms. The van der Waals surface area contributed by atoms with Crippen LogP contribution in [0.15, 0.2) is 17.2 Å². The fraction of sp³-hybridized carbons (Fsp3) is 0.231. The molecule has 0 saturated heterocycles. The second-order valence-corrected chi connectivity index (χ2v) is 3.85. The highest BCUT2D eigenvalue weighted by Crippen LogP contribution is 2.36. The molecule has 0 unspecified atom stereocenters. The number of amidine groups is 1. The summed E-state index contributed by atoms with van der Waals surface area (Å²) in [5.41, 5.74) is 7.85. The van der Waals surface area contributed by atoms with Crippen LogP contribution < -0.4 is 20.6 Å². The summed E-state index contributed by atoms with van der Waals surface area (Å²) in [7, 11) is 4.05. The van der Waals surface area contributed by atoms with Crippen LogP contribution in [0, 0.1) is 16.7 Å². The Morgan fingerprint density at radius 1 is 1.36 bits per heavy atom. The number of anilines is 1. The van der Waals surface area contributed by atoms with Crippen molar-refractivity contribution in [3.63, 3.8) is 0 Å². The SMILES string of the molecule is COC(=O)c1cc(N/N=C(\C#N)C(=N)N)c(OC)c(OC)c1. The summed E-state index contributed by atoms with van der Waals surface area (Å²) in [6.45, 7) is 0. The molecule has 0 saturated carbocycles. The van der Waals surface area contributed by atoms with Gasteiger partial charge in [-0.3, -0.25) is 10.8 Å². The number of carbonyl (C=O) groups excluding carboxylic acids is 1. The van der Waals surface area contributed by atoms with E-state index in [1.165, 1.54) is 33.5 Å². The molecule has 0 aliphatic heterocycles. The lowest BCUT2D eigenvalue weighted by atomic mass is 10.1. The number of ether oxygens (including phenoxy) is 3. The third-order valence-corrected chi connectivity index (χ3v) is 2.55. The molecular formula is C13H15N5O4. The first-order chi connectivity index (χ1) is 10.5. The lowest BCUT2D eigenvalue weighted by Crippen LogP contribution is -2.22. The van der Waals surface area contributed by atoms with Crippen LogP contribution in [0.4, 0.5) is 5.69 Å². The van der Waals surface area contributed by atoms with Gasteiger partial charge in [0.05, 0.1) is 26.9 Å². The predicted octanol–water partition coefficient (Wildman–Crippen LogP) is 0.718. The first-order valence-corrected chi connectivity index (χ1v) is 5.91. The minimum absolute atomic E-state index is 0.194. The third-order valence-electron chi connectivity index (χ3n) is 2.55. The summed E-state index contributed by atoms with van der Waals surface area (Å²) in [5.74, 6) is -0.547. The second kappa shape index (κ2) is 7.49. The highest BCUT2D eigenvalue weighted by atomic mass is 16.5. The van der Waals surface area contributed by atoms with Crippen molar-refractivity contribution in [2.24, 2.45) is 10.8 Å². The Morgan fingerprint density at radius 3 is 2.50 bits per heavy atom. The van der Waals surface area contributed by atoms with Crippen molar-refractivity contribution in [1.29, 1.82) is 10.7 Å². The van der Waals surface area contributed by atoms with Crippen LogP contribution in [-0.2, 0) is 4.74 Å². The molecule has 0 fully saturated rings. The van der Waals surface area contributed by atoms with Crippen LogP contribution >= 0.6 is 0 Å². The van der Waals surface area contributed by atoms with Crippen molar-refractivity contribution < 1.29 is 19.0 Å². The molecule has 0 spiro atoms. The van der Waals surface area contributed by atoms with E-state index in [0.717, 1.165) is 0 Å². The number of hydrazone groups is 1. The number of nitrogens with two attached hydrogens (primary N) is 1. The summed E-state index contributed by atoms with van der Waals surface area (Å²) < 4.78 is 15.0. The lowest BCUT2D eigenvalue weighted by molar-refractivity contribution is 0.0600. The quantitative estimate of drug-likeness (QED) is 0.304. The standard InChI is InChI=1S/C13H15N5O4/c1-20-10-5-7(13(19)22-3)4-8(11(10)21-2)17-18-9(6-14)12(15)16/h4-5,17H,1-3H3,(H3,15,16)/b18-9+. The van der Waals surface area contributed by atoms with E-state index in [4.69, 9.17) is 25.9 Å². The number of nitriles is 1. The number of esters is 1. The van der Waals surface area contributed by atoms with E-state index in [9.17, 15) is 4.79 Å². The van der Waals surface area contributed by atoms with Crippen molar-refractivity contribution >= 4 is 23.2 Å². The molecule has 0 aliphatic rings. The van der Waals surface area contributed by atoms with E-state index in [1.807, 2.05) is 0 Å². The van der Waals surface area contributed by atoms with Crippen LogP contribution in [0.25, 0.3) is 0 Å². The monoisotopic (exact) mass is 305 g/mol. The summed E-state index contributed by atoms with van der Waals surface area (Å²) in [6, 6.07) is 4.51. The van der Waals surface area contributed by atoms with Gasteiger partial charge in [-0.05, 0) is 12.1 Å². The smallest absolute Gasteiger partial charge is 0.338 e. The maximum absolute atomic E-state index is 11.6. The number of methoxy groups -OCH3 is 3. The van der Waals surface area contributed by atoms with Gasteiger partial charge in [0, 0.05) is 0 Å². The fourth-order valence-corrected chi connectivity index (χ4v) is 1.54. The van der Waals surface area contributed by atoms with E-state index in [0.29, 0.717) is 0 Å². The minimum atomic E-state index is -0.583. The van der Waals surface area contributed by atoms with E-state index < -0.39 is 11.8 Å². The number of nitrogens with one attached hydrogen (secondary N) is 2. The van der Waals surface area contributed by atoms with E-state index >= 15 is 0 Å². The van der Waals surface area contributed by atoms with Gasteiger partial charge in [-0.25, -0.2) is 4.79 Å². The molecule has 116 valence electrons. The Morgan fingerprint density at radius 2 is 2.05 bits per heavy atom. The molecule has 0 amide bonds. The van der Waals surface area contributed by atoms with Gasteiger partial charge in [-0.15, -0.1) is 0 Å². The maximum atomic E-state index is 11.6. The van der Waals surface area contributed by atoms with Crippen molar-refractivity contribution in [2.75, 3.05) is 26.8 Å². The van der Waals surface area contributed by atoms with Crippen molar-refractivity contribution in [3.8, 4) is 17.6 Å². The number of rotatable bonds is 6. The van der Waals surface area contributed by atoms with Gasteiger partial charge in [0.25, 0.3) is 0 Å². The Balaban J connectivity index is 3.35. The van der Waals surface area contributed by atoms with Crippen LogP contribution in [0.5, 0.6) is 11.5 Å². The summed E-state index contributed by atoms with van der Waals surface area (Å²) in [5, 5.41) is 19.7. The van der Waals surface area contributed by atoms with Gasteiger partial charge in [0.1, 0.15) is 11.8 Å². The Bertz CT molecular complexity index is 663. The van der Waals surface area contributed by atoms with E-state index in [1.54, 1.807) is 6.07 Å². The topological polar surface area (TPSA) is 143 Å². The van der Waals surface area contributed by atoms with Gasteiger partial charge in [0.15, 0.2) is 17.3 Å². The molecule has 0 aromatic heterocycles. The lowest BCUT2D eigenvalue weighted by Gasteiger charge is -2.14. The Hall–Kier alpha value is -3.28. The Kier molecular flexibility index (Phi) is 5.71. The maximum Gasteiger partial charge on any atom is 0.338 e. The molecule has 0 bridgehead atoms. The third kappa shape index (κ3) is 3.63. The highest BCUT2D eigenvalue weighted by molar-refractivity contribution is 6.45. The van der Waals surface area contributed by atoms with Gasteiger partial charge in [0.2, 0.25) is 5.71 Å². The molecule has 0 heterocycles.